The molecule has 0 spiro atoms. The number of nitrogens with zero attached hydrogens (tertiary/aromatic N) is 2. The Labute approximate surface area is 113 Å². The minimum absolute atomic E-state index is 0.0210. The molecule has 0 aliphatic carbocycles. The van der Waals surface area contributed by atoms with E-state index in [2.05, 4.69) is 0 Å². The van der Waals surface area contributed by atoms with Gasteiger partial charge in [-0.3, -0.25) is 0 Å². The quantitative estimate of drug-likeness (QED) is 0.876. The molecule has 0 aliphatic heterocycles. The van der Waals surface area contributed by atoms with Crippen LogP contribution in [0, 0.1) is 0 Å². The molecule has 0 atom stereocenters. The summed E-state index contributed by atoms with van der Waals surface area (Å²) in [6, 6.07) is 4.13. The molecule has 19 heavy (non-hydrogen) atoms. The summed E-state index contributed by atoms with van der Waals surface area (Å²) >= 11 is 0. The topological polar surface area (TPSA) is 77.9 Å². The third-order valence-corrected chi connectivity index (χ3v) is 4.67. The minimum Gasteiger partial charge on any atom is -0.478 e. The van der Waals surface area contributed by atoms with Crippen molar-refractivity contribution in [3.63, 3.8) is 0 Å². The highest BCUT2D eigenvalue weighted by Crippen LogP contribution is 2.24. The first kappa shape index (κ1) is 15.5. The van der Waals surface area contributed by atoms with Crippen molar-refractivity contribution in [3.05, 3.63) is 23.8 Å². The molecule has 1 N–H and O–H groups in total. The molecule has 0 aromatic heterocycles. The summed E-state index contributed by atoms with van der Waals surface area (Å²) in [7, 11) is 0.930. The van der Waals surface area contributed by atoms with Gasteiger partial charge in [-0.25, -0.2) is 17.5 Å². The predicted molar refractivity (Wildman–Crippen MR) is 73.2 cm³/mol. The van der Waals surface area contributed by atoms with E-state index in [1.165, 1.54) is 32.3 Å². The van der Waals surface area contributed by atoms with Crippen LogP contribution in [0.1, 0.15) is 17.3 Å². The van der Waals surface area contributed by atoms with Gasteiger partial charge < -0.3 is 10.0 Å². The summed E-state index contributed by atoms with van der Waals surface area (Å²) < 4.78 is 25.0. The van der Waals surface area contributed by atoms with Gasteiger partial charge in [-0.1, -0.05) is 0 Å². The summed E-state index contributed by atoms with van der Waals surface area (Å²) in [5.74, 6) is -1.15. The Kier molecular flexibility index (Phi) is 4.54. The maximum atomic E-state index is 12.0. The van der Waals surface area contributed by atoms with Gasteiger partial charge in [-0.15, -0.1) is 0 Å². The number of hydrogen-bond donors (Lipinski definition) is 1. The maximum Gasteiger partial charge on any atom is 0.337 e. The van der Waals surface area contributed by atoms with Crippen LogP contribution in [0.2, 0.25) is 0 Å². The van der Waals surface area contributed by atoms with E-state index in [9.17, 15) is 18.3 Å². The molecule has 0 bridgehead atoms. The summed E-state index contributed by atoms with van der Waals surface area (Å²) in [6.07, 6.45) is 0. The average molecular weight is 286 g/mol. The Morgan fingerprint density at radius 2 is 1.84 bits per heavy atom. The second-order valence-corrected chi connectivity index (χ2v) is 6.44. The zero-order valence-corrected chi connectivity index (χ0v) is 12.2. The molecular weight excluding hydrogens is 268 g/mol. The third-order valence-electron chi connectivity index (χ3n) is 2.86. The molecule has 0 fully saturated rings. The maximum absolute atomic E-state index is 12.0. The first-order chi connectivity index (χ1) is 8.71. The highest BCUT2D eigenvalue weighted by Gasteiger charge is 2.21. The molecule has 6 nitrogen and oxygen atoms in total. The molecule has 7 heteroatoms. The first-order valence-corrected chi connectivity index (χ1v) is 7.16. The van der Waals surface area contributed by atoms with Gasteiger partial charge in [0.15, 0.2) is 0 Å². The lowest BCUT2D eigenvalue weighted by atomic mass is 10.1. The molecule has 0 heterocycles. The Hall–Kier alpha value is -1.60. The normalized spacial score (nSPS) is 11.6. The smallest absolute Gasteiger partial charge is 0.337 e. The van der Waals surface area contributed by atoms with Crippen LogP contribution in [-0.4, -0.2) is 51.5 Å². The van der Waals surface area contributed by atoms with E-state index in [1.54, 1.807) is 11.9 Å². The van der Waals surface area contributed by atoms with Gasteiger partial charge in [0.05, 0.1) is 16.1 Å². The molecule has 0 saturated carbocycles. The summed E-state index contributed by atoms with van der Waals surface area (Å²) in [6.45, 7) is 2.51. The molecule has 1 aromatic carbocycles. The number of anilines is 1. The van der Waals surface area contributed by atoms with Crippen LogP contribution in [0.25, 0.3) is 0 Å². The van der Waals surface area contributed by atoms with E-state index in [-0.39, 0.29) is 10.5 Å². The number of hydrogen-bond acceptors (Lipinski definition) is 4. The largest absolute Gasteiger partial charge is 0.478 e. The lowest BCUT2D eigenvalue weighted by Crippen LogP contribution is -2.24. The van der Waals surface area contributed by atoms with Gasteiger partial charge in [0.25, 0.3) is 0 Å². The molecule has 0 saturated heterocycles. The van der Waals surface area contributed by atoms with Crippen molar-refractivity contribution in [2.75, 3.05) is 32.6 Å². The fourth-order valence-corrected chi connectivity index (χ4v) is 2.49. The molecule has 0 radical (unpaired) electrons. The van der Waals surface area contributed by atoms with Gasteiger partial charge in [0, 0.05) is 27.7 Å². The minimum atomic E-state index is -3.63. The first-order valence-electron chi connectivity index (χ1n) is 5.72. The van der Waals surface area contributed by atoms with Crippen LogP contribution in [-0.2, 0) is 10.0 Å². The van der Waals surface area contributed by atoms with Gasteiger partial charge >= 0.3 is 5.97 Å². The van der Waals surface area contributed by atoms with Crippen LogP contribution >= 0.6 is 0 Å². The van der Waals surface area contributed by atoms with Crippen molar-refractivity contribution in [2.24, 2.45) is 0 Å². The molecule has 106 valence electrons. The number of carbonyl (C=O) groups is 1. The lowest BCUT2D eigenvalue weighted by Gasteiger charge is -2.20. The SMILES string of the molecule is CCN(C)c1ccc(S(=O)(=O)N(C)C)cc1C(=O)O. The van der Waals surface area contributed by atoms with E-state index in [0.29, 0.717) is 12.2 Å². The zero-order chi connectivity index (χ0) is 14.8. The highest BCUT2D eigenvalue weighted by molar-refractivity contribution is 7.89. The van der Waals surface area contributed by atoms with Crippen molar-refractivity contribution < 1.29 is 18.3 Å². The van der Waals surface area contributed by atoms with Crippen LogP contribution in [0.5, 0.6) is 0 Å². The van der Waals surface area contributed by atoms with Crippen molar-refractivity contribution in [2.45, 2.75) is 11.8 Å². The Balaban J connectivity index is 3.45. The second kappa shape index (κ2) is 5.58. The van der Waals surface area contributed by atoms with Crippen molar-refractivity contribution in [3.8, 4) is 0 Å². The standard InChI is InChI=1S/C12H18N2O4S/c1-5-14(4)11-7-6-9(8-10(11)12(15)16)19(17,18)13(2)3/h6-8H,5H2,1-4H3,(H,15,16). The molecule has 0 unspecified atom stereocenters. The zero-order valence-electron chi connectivity index (χ0n) is 11.4. The predicted octanol–water partition coefficient (Wildman–Crippen LogP) is 1.09. The van der Waals surface area contributed by atoms with Crippen LogP contribution in [0.15, 0.2) is 23.1 Å². The molecule has 1 aromatic rings. The monoisotopic (exact) mass is 286 g/mol. The number of sulfonamides is 1. The second-order valence-electron chi connectivity index (χ2n) is 4.29. The number of carboxylic acid groups (broad SMARTS) is 1. The van der Waals surface area contributed by atoms with Crippen LogP contribution in [0.3, 0.4) is 0 Å². The van der Waals surface area contributed by atoms with E-state index < -0.39 is 16.0 Å². The summed E-state index contributed by atoms with van der Waals surface area (Å²) in [4.78, 5) is 13.0. The van der Waals surface area contributed by atoms with Crippen molar-refractivity contribution in [1.82, 2.24) is 4.31 Å². The fraction of sp³-hybridized carbons (Fsp3) is 0.417. The Morgan fingerprint density at radius 3 is 2.26 bits per heavy atom. The molecule has 0 amide bonds. The van der Waals surface area contributed by atoms with Gasteiger partial charge in [-0.2, -0.15) is 0 Å². The van der Waals surface area contributed by atoms with E-state index in [0.717, 1.165) is 4.31 Å². The third kappa shape index (κ3) is 3.05. The lowest BCUT2D eigenvalue weighted by molar-refractivity contribution is 0.0697. The van der Waals surface area contributed by atoms with E-state index >= 15 is 0 Å². The van der Waals surface area contributed by atoms with Crippen molar-refractivity contribution in [1.29, 1.82) is 0 Å². The van der Waals surface area contributed by atoms with Crippen molar-refractivity contribution >= 4 is 21.7 Å². The molecular formula is C12H18N2O4S. The van der Waals surface area contributed by atoms with Gasteiger partial charge in [-0.05, 0) is 25.1 Å². The summed E-state index contributed by atoms with van der Waals surface area (Å²) in [5, 5.41) is 9.20. The fourth-order valence-electron chi connectivity index (χ4n) is 1.56. The average Bonchev–Trinajstić information content (AvgIpc) is 2.36. The number of rotatable bonds is 5. The number of carboxylic acids is 1. The number of benzene rings is 1. The Bertz CT molecular complexity index is 581. The molecule has 1 rings (SSSR count). The highest BCUT2D eigenvalue weighted by atomic mass is 32.2. The van der Waals surface area contributed by atoms with E-state index in [1.807, 2.05) is 6.92 Å². The van der Waals surface area contributed by atoms with Gasteiger partial charge in [0.2, 0.25) is 10.0 Å². The molecule has 0 aliphatic rings. The van der Waals surface area contributed by atoms with Gasteiger partial charge in [0.1, 0.15) is 0 Å². The van der Waals surface area contributed by atoms with E-state index in [4.69, 9.17) is 0 Å². The summed E-state index contributed by atoms with van der Waals surface area (Å²) in [5.41, 5.74) is 0.472. The van der Waals surface area contributed by atoms with Crippen LogP contribution < -0.4 is 4.90 Å². The Morgan fingerprint density at radius 1 is 1.26 bits per heavy atom. The van der Waals surface area contributed by atoms with Crippen LogP contribution in [0.4, 0.5) is 5.69 Å². The number of aromatic carboxylic acids is 1.